The van der Waals surface area contributed by atoms with Gasteiger partial charge in [-0.25, -0.2) is 0 Å². The van der Waals surface area contributed by atoms with Gasteiger partial charge in [-0.05, 0) is 42.7 Å². The van der Waals surface area contributed by atoms with E-state index in [2.05, 4.69) is 10.3 Å². The first kappa shape index (κ1) is 16.5. The van der Waals surface area contributed by atoms with Crippen LogP contribution in [-0.4, -0.2) is 23.3 Å². The van der Waals surface area contributed by atoms with Crippen molar-refractivity contribution in [2.24, 2.45) is 5.92 Å². The highest BCUT2D eigenvalue weighted by Gasteiger charge is 2.37. The van der Waals surface area contributed by atoms with Crippen LogP contribution in [0.15, 0.2) is 42.7 Å². The van der Waals surface area contributed by atoms with Gasteiger partial charge in [0, 0.05) is 36.2 Å². The maximum atomic E-state index is 12.6. The van der Waals surface area contributed by atoms with Crippen molar-refractivity contribution in [2.75, 3.05) is 11.4 Å². The van der Waals surface area contributed by atoms with E-state index in [0.29, 0.717) is 24.5 Å². The molecule has 0 spiro atoms. The smallest absolute Gasteiger partial charge is 0.239 e. The molecule has 2 heterocycles. The van der Waals surface area contributed by atoms with Gasteiger partial charge in [0.15, 0.2) is 0 Å². The van der Waals surface area contributed by atoms with Gasteiger partial charge in [0.25, 0.3) is 0 Å². The van der Waals surface area contributed by atoms with Crippen LogP contribution in [0.3, 0.4) is 0 Å². The zero-order valence-corrected chi connectivity index (χ0v) is 14.1. The summed E-state index contributed by atoms with van der Waals surface area (Å²) in [6.07, 6.45) is 3.87. The molecule has 1 N–H and O–H groups in total. The second-order valence-corrected chi connectivity index (χ2v) is 6.25. The minimum atomic E-state index is -0.651. The van der Waals surface area contributed by atoms with Crippen LogP contribution in [-0.2, 0) is 16.1 Å². The van der Waals surface area contributed by atoms with Crippen LogP contribution in [0.1, 0.15) is 17.5 Å². The van der Waals surface area contributed by atoms with Crippen LogP contribution in [0.2, 0.25) is 5.02 Å². The molecule has 24 heavy (non-hydrogen) atoms. The Morgan fingerprint density at radius 2 is 2.25 bits per heavy atom. The molecule has 0 radical (unpaired) electrons. The van der Waals surface area contributed by atoms with E-state index in [1.165, 1.54) is 0 Å². The average molecular weight is 344 g/mol. The van der Waals surface area contributed by atoms with Crippen LogP contribution in [0.4, 0.5) is 5.69 Å². The summed E-state index contributed by atoms with van der Waals surface area (Å²) < 4.78 is 0. The van der Waals surface area contributed by atoms with Crippen molar-refractivity contribution in [3.63, 3.8) is 0 Å². The predicted molar refractivity (Wildman–Crippen MR) is 92.7 cm³/mol. The minimum absolute atomic E-state index is 0.182. The molecule has 3 rings (SSSR count). The Labute approximate surface area is 145 Å². The van der Waals surface area contributed by atoms with Crippen molar-refractivity contribution in [1.82, 2.24) is 10.3 Å². The number of rotatable bonds is 4. The highest BCUT2D eigenvalue weighted by molar-refractivity contribution is 6.31. The number of carbonyl (C=O) groups excluding carboxylic acids is 2. The summed E-state index contributed by atoms with van der Waals surface area (Å²) in [7, 11) is 0. The summed E-state index contributed by atoms with van der Waals surface area (Å²) in [4.78, 5) is 30.5. The maximum Gasteiger partial charge on any atom is 0.239 e. The van der Waals surface area contributed by atoms with Crippen molar-refractivity contribution in [2.45, 2.75) is 19.9 Å². The first-order valence-corrected chi connectivity index (χ1v) is 8.18. The number of hydrogen-bond donors (Lipinski definition) is 1. The maximum absolute atomic E-state index is 12.6. The predicted octanol–water partition coefficient (Wildman–Crippen LogP) is 2.71. The standard InChI is InChI=1S/C18H18ClN3O2/c1-12-4-5-14(9-16(12)19)22-8-6-15(18(22)24)17(23)21-11-13-3-2-7-20-10-13/h2-5,7,9-10,15H,6,8,11H2,1H3,(H,21,23)/t15-/m1/s1. The fraction of sp³-hybridized carbons (Fsp3) is 0.278. The monoisotopic (exact) mass is 343 g/mol. The molecule has 1 aliphatic rings. The number of carbonyl (C=O) groups is 2. The van der Waals surface area contributed by atoms with Gasteiger partial charge in [-0.3, -0.25) is 14.6 Å². The number of aryl methyl sites for hydroxylation is 1. The molecule has 0 unspecified atom stereocenters. The highest BCUT2D eigenvalue weighted by Crippen LogP contribution is 2.29. The Kier molecular flexibility index (Phi) is 4.81. The van der Waals surface area contributed by atoms with Gasteiger partial charge in [0.1, 0.15) is 5.92 Å². The zero-order valence-electron chi connectivity index (χ0n) is 13.3. The molecular weight excluding hydrogens is 326 g/mol. The van der Waals surface area contributed by atoms with Crippen LogP contribution in [0.25, 0.3) is 0 Å². The van der Waals surface area contributed by atoms with Crippen LogP contribution in [0, 0.1) is 12.8 Å². The molecule has 6 heteroatoms. The molecule has 1 aromatic heterocycles. The SMILES string of the molecule is Cc1ccc(N2CC[C@H](C(=O)NCc3cccnc3)C2=O)cc1Cl. The molecule has 0 bridgehead atoms. The average Bonchev–Trinajstić information content (AvgIpc) is 2.98. The summed E-state index contributed by atoms with van der Waals surface area (Å²) in [5.74, 6) is -1.08. The number of aromatic nitrogens is 1. The fourth-order valence-electron chi connectivity index (χ4n) is 2.74. The molecule has 1 saturated heterocycles. The molecule has 0 saturated carbocycles. The third-order valence-electron chi connectivity index (χ3n) is 4.18. The van der Waals surface area contributed by atoms with E-state index < -0.39 is 5.92 Å². The van der Waals surface area contributed by atoms with Crippen LogP contribution in [0.5, 0.6) is 0 Å². The van der Waals surface area contributed by atoms with Crippen molar-refractivity contribution in [3.05, 3.63) is 58.9 Å². The molecule has 1 fully saturated rings. The molecule has 0 aliphatic carbocycles. The number of pyridine rings is 1. The summed E-state index contributed by atoms with van der Waals surface area (Å²) in [5.41, 5.74) is 2.59. The lowest BCUT2D eigenvalue weighted by molar-refractivity contribution is -0.132. The zero-order chi connectivity index (χ0) is 17.1. The summed E-state index contributed by atoms with van der Waals surface area (Å²) in [5, 5.41) is 3.43. The Balaban J connectivity index is 1.65. The van der Waals surface area contributed by atoms with Gasteiger partial charge in [-0.2, -0.15) is 0 Å². The normalized spacial score (nSPS) is 17.2. The third-order valence-corrected chi connectivity index (χ3v) is 4.59. The molecule has 1 aromatic carbocycles. The number of hydrogen-bond acceptors (Lipinski definition) is 3. The molecule has 1 atom stereocenters. The number of nitrogens with one attached hydrogen (secondary N) is 1. The summed E-state index contributed by atoms with van der Waals surface area (Å²) in [6.45, 7) is 2.79. The van der Waals surface area contributed by atoms with Gasteiger partial charge >= 0.3 is 0 Å². The Bertz CT molecular complexity index is 764. The third kappa shape index (κ3) is 3.41. The van der Waals surface area contributed by atoms with Crippen molar-refractivity contribution < 1.29 is 9.59 Å². The molecule has 124 valence electrons. The van der Waals surface area contributed by atoms with Crippen LogP contribution < -0.4 is 10.2 Å². The topological polar surface area (TPSA) is 62.3 Å². The number of nitrogens with zero attached hydrogens (tertiary/aromatic N) is 2. The second kappa shape index (κ2) is 7.01. The lowest BCUT2D eigenvalue weighted by Gasteiger charge is -2.17. The largest absolute Gasteiger partial charge is 0.351 e. The fourth-order valence-corrected chi connectivity index (χ4v) is 2.92. The number of benzene rings is 1. The molecule has 2 aromatic rings. The first-order chi connectivity index (χ1) is 11.6. The van der Waals surface area contributed by atoms with E-state index in [0.717, 1.165) is 16.8 Å². The summed E-state index contributed by atoms with van der Waals surface area (Å²) >= 11 is 6.13. The molecule has 1 aliphatic heterocycles. The van der Waals surface area contributed by atoms with E-state index in [1.54, 1.807) is 23.4 Å². The lowest BCUT2D eigenvalue weighted by Crippen LogP contribution is -2.36. The highest BCUT2D eigenvalue weighted by atomic mass is 35.5. The van der Waals surface area contributed by atoms with Crippen molar-refractivity contribution in [3.8, 4) is 0 Å². The molecular formula is C18H18ClN3O2. The van der Waals surface area contributed by atoms with Gasteiger partial charge in [-0.1, -0.05) is 23.7 Å². The van der Waals surface area contributed by atoms with E-state index in [1.807, 2.05) is 31.2 Å². The Hall–Kier alpha value is -2.40. The van der Waals surface area contributed by atoms with E-state index in [9.17, 15) is 9.59 Å². The van der Waals surface area contributed by atoms with E-state index in [-0.39, 0.29) is 11.8 Å². The van der Waals surface area contributed by atoms with E-state index in [4.69, 9.17) is 11.6 Å². The second-order valence-electron chi connectivity index (χ2n) is 5.84. The quantitative estimate of drug-likeness (QED) is 0.868. The van der Waals surface area contributed by atoms with Gasteiger partial charge in [-0.15, -0.1) is 0 Å². The molecule has 5 nitrogen and oxygen atoms in total. The van der Waals surface area contributed by atoms with Crippen LogP contribution >= 0.6 is 11.6 Å². The van der Waals surface area contributed by atoms with Gasteiger partial charge in [0.2, 0.25) is 11.8 Å². The summed E-state index contributed by atoms with van der Waals surface area (Å²) in [6, 6.07) is 9.19. The van der Waals surface area contributed by atoms with Gasteiger partial charge in [0.05, 0.1) is 0 Å². The van der Waals surface area contributed by atoms with Gasteiger partial charge < -0.3 is 10.2 Å². The molecule has 2 amide bonds. The lowest BCUT2D eigenvalue weighted by atomic mass is 10.1. The number of amides is 2. The van der Waals surface area contributed by atoms with E-state index >= 15 is 0 Å². The minimum Gasteiger partial charge on any atom is -0.351 e. The number of halogens is 1. The van der Waals surface area contributed by atoms with Crippen molar-refractivity contribution in [1.29, 1.82) is 0 Å². The van der Waals surface area contributed by atoms with Crippen molar-refractivity contribution >= 4 is 29.1 Å². The first-order valence-electron chi connectivity index (χ1n) is 7.80. The Morgan fingerprint density at radius 1 is 1.42 bits per heavy atom. The number of anilines is 1. The Morgan fingerprint density at radius 3 is 2.96 bits per heavy atom.